The Bertz CT molecular complexity index is 937. The summed E-state index contributed by atoms with van der Waals surface area (Å²) in [6, 6.07) is 6.88. The molecule has 0 atom stereocenters. The van der Waals surface area contributed by atoms with Crippen LogP contribution >= 0.6 is 11.3 Å². The lowest BCUT2D eigenvalue weighted by molar-refractivity contribution is -0.114. The van der Waals surface area contributed by atoms with Crippen LogP contribution in [0.15, 0.2) is 24.3 Å². The van der Waals surface area contributed by atoms with E-state index in [1.54, 1.807) is 38.1 Å². The van der Waals surface area contributed by atoms with Gasteiger partial charge in [-0.05, 0) is 25.5 Å². The van der Waals surface area contributed by atoms with Gasteiger partial charge in [-0.15, -0.1) is 0 Å². The molecule has 26 heavy (non-hydrogen) atoms. The third-order valence-corrected chi connectivity index (χ3v) is 5.66. The quantitative estimate of drug-likeness (QED) is 0.747. The smallest absolute Gasteiger partial charge is 0.350 e. The van der Waals surface area contributed by atoms with Gasteiger partial charge in [-0.1, -0.05) is 29.5 Å². The van der Waals surface area contributed by atoms with E-state index in [-0.39, 0.29) is 10.0 Å². The van der Waals surface area contributed by atoms with Crippen LogP contribution in [0.5, 0.6) is 0 Å². The first-order valence-electron chi connectivity index (χ1n) is 7.52. The van der Waals surface area contributed by atoms with Crippen molar-refractivity contribution in [1.82, 2.24) is 4.98 Å². The number of para-hydroxylation sites is 1. The van der Waals surface area contributed by atoms with Crippen molar-refractivity contribution >= 4 is 44.1 Å². The average Bonchev–Trinajstić information content (AvgIpc) is 2.92. The predicted octanol–water partition coefficient (Wildman–Crippen LogP) is 1.95. The maximum Gasteiger partial charge on any atom is 0.350 e. The number of methoxy groups -OCH3 is 1. The van der Waals surface area contributed by atoms with Gasteiger partial charge in [0.05, 0.1) is 24.7 Å². The van der Waals surface area contributed by atoms with E-state index in [2.05, 4.69) is 15.0 Å². The zero-order valence-electron chi connectivity index (χ0n) is 14.8. The van der Waals surface area contributed by atoms with Crippen molar-refractivity contribution < 1.29 is 22.7 Å². The van der Waals surface area contributed by atoms with Crippen molar-refractivity contribution in [3.05, 3.63) is 40.4 Å². The number of sulfonamides is 1. The lowest BCUT2D eigenvalue weighted by Crippen LogP contribution is -2.37. The van der Waals surface area contributed by atoms with Crippen LogP contribution in [0.25, 0.3) is 0 Å². The van der Waals surface area contributed by atoms with Gasteiger partial charge in [-0.2, -0.15) is 0 Å². The Morgan fingerprint density at radius 3 is 2.50 bits per heavy atom. The minimum absolute atomic E-state index is 0.200. The largest absolute Gasteiger partial charge is 0.465 e. The molecule has 1 aromatic carbocycles. The summed E-state index contributed by atoms with van der Waals surface area (Å²) in [5.74, 6) is -1.11. The number of hydrogen-bond acceptors (Lipinski definition) is 7. The fraction of sp³-hybridized carbons (Fsp3) is 0.312. The Morgan fingerprint density at radius 1 is 1.27 bits per heavy atom. The summed E-state index contributed by atoms with van der Waals surface area (Å²) in [7, 11) is -2.41. The number of carbonyl (C=O) groups excluding carboxylic acids is 2. The summed E-state index contributed by atoms with van der Waals surface area (Å²) in [5, 5.41) is 2.73. The number of rotatable bonds is 6. The number of ether oxygens (including phenoxy) is 1. The van der Waals surface area contributed by atoms with Gasteiger partial charge in [0.15, 0.2) is 5.13 Å². The number of benzene rings is 1. The van der Waals surface area contributed by atoms with E-state index >= 15 is 0 Å². The van der Waals surface area contributed by atoms with E-state index in [1.165, 1.54) is 7.11 Å². The van der Waals surface area contributed by atoms with Gasteiger partial charge in [0.1, 0.15) is 11.4 Å². The number of nitrogens with zero attached hydrogens (tertiary/aromatic N) is 2. The second kappa shape index (κ2) is 7.83. The molecule has 0 saturated heterocycles. The monoisotopic (exact) mass is 397 g/mol. The number of thiazole rings is 1. The maximum atomic E-state index is 12.3. The molecule has 0 bridgehead atoms. The molecule has 2 aromatic rings. The normalized spacial score (nSPS) is 11.1. The molecule has 0 aliphatic heterocycles. The Morgan fingerprint density at radius 2 is 1.92 bits per heavy atom. The average molecular weight is 397 g/mol. The molecule has 1 amide bonds. The number of anilines is 2. The number of nitrogens with one attached hydrogen (secondary N) is 1. The summed E-state index contributed by atoms with van der Waals surface area (Å²) in [6.07, 6.45) is 1.04. The van der Waals surface area contributed by atoms with Crippen LogP contribution in [0.1, 0.15) is 20.9 Å². The van der Waals surface area contributed by atoms with Crippen LogP contribution in [0.3, 0.4) is 0 Å². The van der Waals surface area contributed by atoms with Crippen LogP contribution in [-0.2, 0) is 19.6 Å². The van der Waals surface area contributed by atoms with Crippen LogP contribution in [0.4, 0.5) is 10.8 Å². The van der Waals surface area contributed by atoms with Crippen LogP contribution < -0.4 is 9.62 Å². The van der Waals surface area contributed by atoms with E-state index in [0.29, 0.717) is 11.4 Å². The van der Waals surface area contributed by atoms with E-state index in [1.807, 2.05) is 0 Å². The number of hydrogen-bond donors (Lipinski definition) is 1. The molecular formula is C16H19N3O5S2. The minimum Gasteiger partial charge on any atom is -0.465 e. The zero-order valence-corrected chi connectivity index (χ0v) is 16.4. The Labute approximate surface area is 155 Å². The van der Waals surface area contributed by atoms with Crippen molar-refractivity contribution in [3.63, 3.8) is 0 Å². The summed E-state index contributed by atoms with van der Waals surface area (Å²) in [5.41, 5.74) is 1.58. The molecule has 140 valence electrons. The molecule has 0 fully saturated rings. The summed E-state index contributed by atoms with van der Waals surface area (Å²) >= 11 is 0.968. The van der Waals surface area contributed by atoms with Crippen molar-refractivity contribution in [1.29, 1.82) is 0 Å². The summed E-state index contributed by atoms with van der Waals surface area (Å²) in [4.78, 5) is 28.3. The number of esters is 1. The highest BCUT2D eigenvalue weighted by Crippen LogP contribution is 2.24. The second-order valence-electron chi connectivity index (χ2n) is 5.53. The van der Waals surface area contributed by atoms with Gasteiger partial charge in [0.25, 0.3) is 0 Å². The molecule has 1 heterocycles. The van der Waals surface area contributed by atoms with E-state index in [9.17, 15) is 18.0 Å². The van der Waals surface area contributed by atoms with Gasteiger partial charge in [0, 0.05) is 0 Å². The lowest BCUT2D eigenvalue weighted by Gasteiger charge is -2.23. The van der Waals surface area contributed by atoms with E-state index in [0.717, 1.165) is 27.5 Å². The Hall–Kier alpha value is -2.46. The lowest BCUT2D eigenvalue weighted by atomic mass is 10.2. The third kappa shape index (κ3) is 4.58. The maximum absolute atomic E-state index is 12.3. The van der Waals surface area contributed by atoms with Crippen molar-refractivity contribution in [2.24, 2.45) is 0 Å². The molecular weight excluding hydrogens is 378 g/mol. The molecule has 0 radical (unpaired) electrons. The molecule has 0 saturated carbocycles. The Balaban J connectivity index is 2.21. The highest BCUT2D eigenvalue weighted by atomic mass is 32.2. The first-order valence-corrected chi connectivity index (χ1v) is 10.2. The molecule has 8 nitrogen and oxygen atoms in total. The number of aryl methyl sites for hydroxylation is 2. The predicted molar refractivity (Wildman–Crippen MR) is 100 cm³/mol. The van der Waals surface area contributed by atoms with Crippen LogP contribution in [-0.4, -0.2) is 45.2 Å². The van der Waals surface area contributed by atoms with Crippen molar-refractivity contribution in [2.45, 2.75) is 13.8 Å². The van der Waals surface area contributed by atoms with Crippen molar-refractivity contribution in [2.75, 3.05) is 29.5 Å². The van der Waals surface area contributed by atoms with Gasteiger partial charge in [-0.3, -0.25) is 9.10 Å². The fourth-order valence-corrected chi connectivity index (χ4v) is 4.06. The minimum atomic E-state index is -3.67. The summed E-state index contributed by atoms with van der Waals surface area (Å²) in [6.45, 7) is 2.97. The standard InChI is InChI=1S/C16H19N3O5S2/c1-10-7-5-6-8-12(10)19(26(4,22)23)9-13(20)18-16-17-11(2)14(25-16)15(21)24-3/h5-8H,9H2,1-4H3,(H,17,18,20). The SMILES string of the molecule is COC(=O)c1sc(NC(=O)CN(c2ccccc2C)S(C)(=O)=O)nc1C. The third-order valence-electron chi connectivity index (χ3n) is 3.49. The first kappa shape index (κ1) is 19.9. The highest BCUT2D eigenvalue weighted by Gasteiger charge is 2.23. The zero-order chi connectivity index (χ0) is 19.5. The fourth-order valence-electron chi connectivity index (χ4n) is 2.25. The number of amides is 1. The van der Waals surface area contributed by atoms with Crippen LogP contribution in [0.2, 0.25) is 0 Å². The molecule has 0 unspecified atom stereocenters. The topological polar surface area (TPSA) is 106 Å². The molecule has 2 rings (SSSR count). The first-order chi connectivity index (χ1) is 12.1. The highest BCUT2D eigenvalue weighted by molar-refractivity contribution is 7.92. The second-order valence-corrected chi connectivity index (χ2v) is 8.44. The van der Waals surface area contributed by atoms with Gasteiger partial charge < -0.3 is 10.1 Å². The van der Waals surface area contributed by atoms with Crippen LogP contribution in [0, 0.1) is 13.8 Å². The molecule has 1 N–H and O–H groups in total. The molecule has 10 heteroatoms. The van der Waals surface area contributed by atoms with Gasteiger partial charge in [-0.25, -0.2) is 18.2 Å². The molecule has 0 aliphatic rings. The number of aromatic nitrogens is 1. The van der Waals surface area contributed by atoms with Gasteiger partial charge in [0.2, 0.25) is 15.9 Å². The summed E-state index contributed by atoms with van der Waals surface area (Å²) < 4.78 is 29.9. The molecule has 0 aliphatic carbocycles. The molecule has 1 aromatic heterocycles. The van der Waals surface area contributed by atoms with Gasteiger partial charge >= 0.3 is 5.97 Å². The number of carbonyl (C=O) groups is 2. The van der Waals surface area contributed by atoms with E-state index < -0.39 is 28.4 Å². The molecule has 0 spiro atoms. The van der Waals surface area contributed by atoms with E-state index in [4.69, 9.17) is 0 Å². The Kier molecular flexibility index (Phi) is 5.98. The van der Waals surface area contributed by atoms with Crippen molar-refractivity contribution in [3.8, 4) is 0 Å².